The molecule has 20 heavy (non-hydrogen) atoms. The van der Waals surface area contributed by atoms with E-state index in [0.29, 0.717) is 5.69 Å². The van der Waals surface area contributed by atoms with E-state index in [1.807, 2.05) is 12.1 Å². The van der Waals surface area contributed by atoms with E-state index in [1.165, 1.54) is 4.90 Å². The van der Waals surface area contributed by atoms with Crippen LogP contribution < -0.4 is 16.4 Å². The lowest BCUT2D eigenvalue weighted by Crippen LogP contribution is -2.33. The number of para-hydroxylation sites is 1. The molecule has 0 spiro atoms. The fourth-order valence-electron chi connectivity index (χ4n) is 1.36. The van der Waals surface area contributed by atoms with Crippen molar-refractivity contribution in [2.45, 2.75) is 0 Å². The van der Waals surface area contributed by atoms with E-state index >= 15 is 0 Å². The van der Waals surface area contributed by atoms with Crippen molar-refractivity contribution in [3.8, 4) is 6.07 Å². The second-order valence-corrected chi connectivity index (χ2v) is 4.57. The maximum Gasteiger partial charge on any atom is 0.238 e. The average molecular weight is 290 g/mol. The maximum absolute atomic E-state index is 12.1. The highest BCUT2D eigenvalue weighted by Gasteiger charge is 2.15. The average Bonchev–Trinajstić information content (AvgIpc) is 2.42. The second-order valence-electron chi connectivity index (χ2n) is 3.60. The van der Waals surface area contributed by atoms with Gasteiger partial charge in [0.1, 0.15) is 6.54 Å². The monoisotopic (exact) mass is 290 g/mol. The van der Waals surface area contributed by atoms with E-state index in [1.54, 1.807) is 24.3 Å². The van der Waals surface area contributed by atoms with Crippen molar-refractivity contribution < 1.29 is 4.79 Å². The highest BCUT2D eigenvalue weighted by molar-refractivity contribution is 8.14. The van der Waals surface area contributed by atoms with E-state index in [2.05, 4.69) is 4.99 Å². The molecule has 0 aliphatic heterocycles. The minimum Gasteiger partial charge on any atom is -0.370 e. The molecular weight excluding hydrogens is 276 g/mol. The first kappa shape index (κ1) is 15.5. The zero-order valence-corrected chi connectivity index (χ0v) is 11.4. The Kier molecular flexibility index (Phi) is 6.06. The molecule has 0 aliphatic rings. The Bertz CT molecular complexity index is 547. The molecule has 1 amide bonds. The summed E-state index contributed by atoms with van der Waals surface area (Å²) in [5, 5.41) is 16.1. The number of carbonyl (C=O) groups is 1. The van der Waals surface area contributed by atoms with Gasteiger partial charge in [-0.3, -0.25) is 15.1 Å². The van der Waals surface area contributed by atoms with Gasteiger partial charge in [0.05, 0.1) is 11.8 Å². The Hall–Kier alpha value is -2.53. The summed E-state index contributed by atoms with van der Waals surface area (Å²) in [6.07, 6.45) is 0. The lowest BCUT2D eigenvalue weighted by Gasteiger charge is -2.19. The molecule has 0 saturated carbocycles. The number of guanidine groups is 1. The van der Waals surface area contributed by atoms with Crippen LogP contribution >= 0.6 is 11.8 Å². The number of amides is 1. The number of nitrogens with one attached hydrogen (secondary N) is 1. The van der Waals surface area contributed by atoms with Crippen LogP contribution in [0.15, 0.2) is 35.3 Å². The number of benzene rings is 1. The van der Waals surface area contributed by atoms with Gasteiger partial charge in [0, 0.05) is 5.69 Å². The van der Waals surface area contributed by atoms with Crippen LogP contribution in [0.3, 0.4) is 0 Å². The van der Waals surface area contributed by atoms with Crippen LogP contribution in [0.5, 0.6) is 0 Å². The number of amidine groups is 1. The smallest absolute Gasteiger partial charge is 0.238 e. The van der Waals surface area contributed by atoms with Crippen molar-refractivity contribution in [3.05, 3.63) is 30.3 Å². The molecule has 0 fully saturated rings. The summed E-state index contributed by atoms with van der Waals surface area (Å²) in [6, 6.07) is 10.8. The molecule has 1 aromatic carbocycles. The maximum atomic E-state index is 12.1. The zero-order chi connectivity index (χ0) is 15.0. The molecule has 0 atom stereocenters. The number of rotatable bonds is 4. The normalized spacial score (nSPS) is 9.35. The Labute approximate surface area is 120 Å². The summed E-state index contributed by atoms with van der Waals surface area (Å²) < 4.78 is 0. The van der Waals surface area contributed by atoms with Crippen molar-refractivity contribution in [3.63, 3.8) is 0 Å². The van der Waals surface area contributed by atoms with Gasteiger partial charge in [0.25, 0.3) is 0 Å². The molecule has 1 rings (SSSR count). The van der Waals surface area contributed by atoms with Crippen molar-refractivity contribution >= 4 is 34.5 Å². The molecule has 7 nitrogen and oxygen atoms in total. The van der Waals surface area contributed by atoms with Gasteiger partial charge < -0.3 is 11.5 Å². The quantitative estimate of drug-likeness (QED) is 0.421. The highest BCUT2D eigenvalue weighted by Crippen LogP contribution is 2.15. The highest BCUT2D eigenvalue weighted by atomic mass is 32.2. The summed E-state index contributed by atoms with van der Waals surface area (Å²) in [7, 11) is 0. The molecular formula is C12H14N6OS. The summed E-state index contributed by atoms with van der Waals surface area (Å²) in [4.78, 5) is 16.9. The molecule has 1 aromatic rings. The second kappa shape index (κ2) is 7.81. The minimum absolute atomic E-state index is 0.0216. The van der Waals surface area contributed by atoms with Crippen molar-refractivity contribution in [1.29, 1.82) is 10.7 Å². The van der Waals surface area contributed by atoms with Gasteiger partial charge in [-0.1, -0.05) is 30.0 Å². The number of nitrogens with two attached hydrogens (primary N) is 2. The first-order valence-corrected chi connectivity index (χ1v) is 6.56. The largest absolute Gasteiger partial charge is 0.370 e. The van der Waals surface area contributed by atoms with Gasteiger partial charge in [-0.2, -0.15) is 10.3 Å². The van der Waals surface area contributed by atoms with Crippen LogP contribution in [-0.4, -0.2) is 29.3 Å². The molecule has 0 aliphatic carbocycles. The Morgan fingerprint density at radius 1 is 1.40 bits per heavy atom. The Morgan fingerprint density at radius 2 is 2.05 bits per heavy atom. The fraction of sp³-hybridized carbons (Fsp3) is 0.167. The van der Waals surface area contributed by atoms with E-state index in [4.69, 9.17) is 22.1 Å². The van der Waals surface area contributed by atoms with Crippen LogP contribution in [0.2, 0.25) is 0 Å². The van der Waals surface area contributed by atoms with Crippen LogP contribution in [0.1, 0.15) is 0 Å². The van der Waals surface area contributed by atoms with Crippen molar-refractivity contribution in [2.75, 3.05) is 17.2 Å². The van der Waals surface area contributed by atoms with Crippen LogP contribution in [0, 0.1) is 16.7 Å². The molecule has 5 N–H and O–H groups in total. The van der Waals surface area contributed by atoms with E-state index < -0.39 is 0 Å². The van der Waals surface area contributed by atoms with E-state index in [-0.39, 0.29) is 29.3 Å². The molecule has 0 unspecified atom stereocenters. The van der Waals surface area contributed by atoms with Gasteiger partial charge in [0.2, 0.25) is 5.91 Å². The minimum atomic E-state index is -0.293. The fourth-order valence-corrected chi connectivity index (χ4v) is 1.95. The standard InChI is InChI=1S/C12H14N6OS/c13-6-7-18(9-4-2-1-3-5-9)10(19)8-20-12(16)17-11(14)15/h1-5H,7-8H2,(H5,14,15,16,17). The van der Waals surface area contributed by atoms with Gasteiger partial charge in [-0.25, -0.2) is 0 Å². The van der Waals surface area contributed by atoms with Crippen LogP contribution in [-0.2, 0) is 4.79 Å². The molecule has 8 heteroatoms. The lowest BCUT2D eigenvalue weighted by molar-refractivity contribution is -0.116. The topological polar surface area (TPSA) is 132 Å². The number of aliphatic imine (C=N–C) groups is 1. The van der Waals surface area contributed by atoms with E-state index in [0.717, 1.165) is 11.8 Å². The number of thioether (sulfide) groups is 1. The third-order valence-electron chi connectivity index (χ3n) is 2.16. The molecule has 0 radical (unpaired) electrons. The number of carbonyl (C=O) groups excluding carboxylic acids is 1. The Morgan fingerprint density at radius 3 is 2.60 bits per heavy atom. The number of hydrogen-bond donors (Lipinski definition) is 3. The summed E-state index contributed by atoms with van der Waals surface area (Å²) in [5.74, 6) is -0.545. The predicted octanol–water partition coefficient (Wildman–Crippen LogP) is 0.485. The predicted molar refractivity (Wildman–Crippen MR) is 80.4 cm³/mol. The Balaban J connectivity index is 2.70. The third-order valence-corrected chi connectivity index (χ3v) is 2.92. The molecule has 0 bridgehead atoms. The van der Waals surface area contributed by atoms with Crippen molar-refractivity contribution in [1.82, 2.24) is 0 Å². The van der Waals surface area contributed by atoms with Gasteiger partial charge in [-0.05, 0) is 12.1 Å². The first-order chi connectivity index (χ1) is 9.54. The first-order valence-electron chi connectivity index (χ1n) is 5.58. The van der Waals surface area contributed by atoms with Gasteiger partial charge in [-0.15, -0.1) is 0 Å². The molecule has 0 aromatic heterocycles. The molecule has 0 heterocycles. The van der Waals surface area contributed by atoms with Crippen molar-refractivity contribution in [2.24, 2.45) is 16.5 Å². The van der Waals surface area contributed by atoms with Gasteiger partial charge >= 0.3 is 0 Å². The number of hydrogen-bond acceptors (Lipinski definition) is 4. The van der Waals surface area contributed by atoms with Crippen LogP contribution in [0.25, 0.3) is 0 Å². The molecule has 0 saturated heterocycles. The summed E-state index contributed by atoms with van der Waals surface area (Å²) in [5.41, 5.74) is 10.9. The SMILES string of the molecule is N#CCN(C(=O)CSC(=N)N=C(N)N)c1ccccc1. The lowest BCUT2D eigenvalue weighted by atomic mass is 10.3. The number of nitriles is 1. The summed E-state index contributed by atoms with van der Waals surface area (Å²) in [6.45, 7) is -0.0565. The number of anilines is 1. The summed E-state index contributed by atoms with van der Waals surface area (Å²) >= 11 is 0.897. The molecule has 104 valence electrons. The third kappa shape index (κ3) is 4.99. The number of nitrogens with zero attached hydrogens (tertiary/aromatic N) is 3. The zero-order valence-electron chi connectivity index (χ0n) is 10.6. The van der Waals surface area contributed by atoms with E-state index in [9.17, 15) is 4.79 Å². The van der Waals surface area contributed by atoms with Gasteiger partial charge in [0.15, 0.2) is 11.1 Å². The van der Waals surface area contributed by atoms with Crippen LogP contribution in [0.4, 0.5) is 5.69 Å².